The highest BCUT2D eigenvalue weighted by Crippen LogP contribution is 2.36. The van der Waals surface area contributed by atoms with E-state index in [-0.39, 0.29) is 0 Å². The highest BCUT2D eigenvalue weighted by atomic mass is 35.5. The maximum absolute atomic E-state index is 6.17. The molecule has 0 bridgehead atoms. The lowest BCUT2D eigenvalue weighted by atomic mass is 9.75. The fourth-order valence-electron chi connectivity index (χ4n) is 2.69. The third kappa shape index (κ3) is 3.46. The first-order valence-electron chi connectivity index (χ1n) is 6.48. The van der Waals surface area contributed by atoms with Crippen molar-refractivity contribution in [2.75, 3.05) is 12.4 Å². The molecule has 4 heteroatoms. The molecule has 1 aliphatic carbocycles. The first kappa shape index (κ1) is 12.9. The van der Waals surface area contributed by atoms with Crippen molar-refractivity contribution < 1.29 is 0 Å². The van der Waals surface area contributed by atoms with Gasteiger partial charge in [-0.15, -0.1) is 11.6 Å². The minimum absolute atomic E-state index is 0.335. The van der Waals surface area contributed by atoms with E-state index in [0.29, 0.717) is 5.41 Å². The molecule has 0 amide bonds. The molecule has 17 heavy (non-hydrogen) atoms. The maximum Gasteiger partial charge on any atom is 0.0534 e. The Bertz CT molecular complexity index is 342. The Kier molecular flexibility index (Phi) is 4.46. The summed E-state index contributed by atoms with van der Waals surface area (Å²) >= 11 is 6.17. The molecular formula is C13H22ClN3. The molecule has 3 nitrogen and oxygen atoms in total. The lowest BCUT2D eigenvalue weighted by molar-refractivity contribution is 0.212. The predicted octanol–water partition coefficient (Wildman–Crippen LogP) is 2.70. The smallest absolute Gasteiger partial charge is 0.0534 e. The molecular weight excluding hydrogens is 234 g/mol. The van der Waals surface area contributed by atoms with Crippen LogP contribution in [-0.4, -0.2) is 22.2 Å². The van der Waals surface area contributed by atoms with Gasteiger partial charge in [-0.25, -0.2) is 0 Å². The largest absolute Gasteiger partial charge is 0.312 e. The van der Waals surface area contributed by atoms with E-state index in [0.717, 1.165) is 19.0 Å². The van der Waals surface area contributed by atoms with Crippen molar-refractivity contribution in [3.05, 3.63) is 18.0 Å². The molecule has 1 heterocycles. The Morgan fingerprint density at radius 1 is 1.41 bits per heavy atom. The van der Waals surface area contributed by atoms with Gasteiger partial charge in [0.2, 0.25) is 0 Å². The van der Waals surface area contributed by atoms with E-state index in [2.05, 4.69) is 16.6 Å². The van der Waals surface area contributed by atoms with Gasteiger partial charge in [0.25, 0.3) is 0 Å². The molecule has 1 aliphatic rings. The van der Waals surface area contributed by atoms with Gasteiger partial charge in [0.1, 0.15) is 0 Å². The van der Waals surface area contributed by atoms with E-state index in [1.807, 2.05) is 17.9 Å². The maximum atomic E-state index is 6.17. The van der Waals surface area contributed by atoms with Gasteiger partial charge in [-0.3, -0.25) is 4.68 Å². The number of nitrogens with zero attached hydrogens (tertiary/aromatic N) is 2. The van der Waals surface area contributed by atoms with Crippen LogP contribution in [0.3, 0.4) is 0 Å². The number of nitrogens with one attached hydrogen (secondary N) is 1. The summed E-state index contributed by atoms with van der Waals surface area (Å²) in [7, 11) is 1.95. The molecule has 1 aromatic heterocycles. The Morgan fingerprint density at radius 2 is 2.18 bits per heavy atom. The molecule has 0 unspecified atom stereocenters. The molecule has 1 N–H and O–H groups in total. The van der Waals surface area contributed by atoms with Crippen molar-refractivity contribution in [2.45, 2.75) is 38.6 Å². The van der Waals surface area contributed by atoms with Crippen LogP contribution in [0.1, 0.15) is 37.7 Å². The van der Waals surface area contributed by atoms with E-state index in [1.54, 1.807) is 0 Å². The SMILES string of the molecule is Cn1cc(CNCC2(CCl)CCCCC2)cn1. The summed E-state index contributed by atoms with van der Waals surface area (Å²) in [6.07, 6.45) is 10.6. The molecule has 1 saturated carbocycles. The van der Waals surface area contributed by atoms with Gasteiger partial charge in [0.15, 0.2) is 0 Å². The Balaban J connectivity index is 1.79. The average Bonchev–Trinajstić information content (AvgIpc) is 2.76. The summed E-state index contributed by atoms with van der Waals surface area (Å²) in [5.41, 5.74) is 1.58. The van der Waals surface area contributed by atoms with E-state index in [1.165, 1.54) is 37.7 Å². The predicted molar refractivity (Wildman–Crippen MR) is 71.2 cm³/mol. The number of hydrogen-bond donors (Lipinski definition) is 1. The summed E-state index contributed by atoms with van der Waals surface area (Å²) in [5.74, 6) is 0.785. The Labute approximate surface area is 109 Å². The minimum atomic E-state index is 0.335. The van der Waals surface area contributed by atoms with Crippen molar-refractivity contribution >= 4 is 11.6 Å². The number of alkyl halides is 1. The molecule has 0 saturated heterocycles. The van der Waals surface area contributed by atoms with Crippen molar-refractivity contribution in [2.24, 2.45) is 12.5 Å². The number of aromatic nitrogens is 2. The van der Waals surface area contributed by atoms with Gasteiger partial charge in [0.05, 0.1) is 6.20 Å². The van der Waals surface area contributed by atoms with E-state index in [4.69, 9.17) is 11.6 Å². The molecule has 2 rings (SSSR count). The zero-order valence-corrected chi connectivity index (χ0v) is 11.3. The zero-order valence-electron chi connectivity index (χ0n) is 10.6. The van der Waals surface area contributed by atoms with Crippen LogP contribution < -0.4 is 5.32 Å². The zero-order chi connectivity index (χ0) is 12.1. The topological polar surface area (TPSA) is 29.9 Å². The lowest BCUT2D eigenvalue weighted by Crippen LogP contribution is -2.37. The van der Waals surface area contributed by atoms with Gasteiger partial charge in [-0.2, -0.15) is 5.10 Å². The standard InChI is InChI=1S/C13H22ClN3/c1-17-9-12(8-16-17)7-15-11-13(10-14)5-3-2-4-6-13/h8-9,15H,2-7,10-11H2,1H3. The van der Waals surface area contributed by atoms with Crippen LogP contribution in [0.2, 0.25) is 0 Å². The third-order valence-electron chi connectivity index (χ3n) is 3.79. The van der Waals surface area contributed by atoms with E-state index in [9.17, 15) is 0 Å². The summed E-state index contributed by atoms with van der Waals surface area (Å²) in [6, 6.07) is 0. The molecule has 96 valence electrons. The highest BCUT2D eigenvalue weighted by Gasteiger charge is 2.30. The van der Waals surface area contributed by atoms with E-state index < -0.39 is 0 Å². The van der Waals surface area contributed by atoms with Gasteiger partial charge in [-0.1, -0.05) is 19.3 Å². The molecule has 0 aliphatic heterocycles. The van der Waals surface area contributed by atoms with Gasteiger partial charge < -0.3 is 5.32 Å². The third-order valence-corrected chi connectivity index (χ3v) is 4.35. The molecule has 0 atom stereocenters. The van der Waals surface area contributed by atoms with Crippen molar-refractivity contribution in [3.8, 4) is 0 Å². The van der Waals surface area contributed by atoms with Gasteiger partial charge >= 0.3 is 0 Å². The highest BCUT2D eigenvalue weighted by molar-refractivity contribution is 6.18. The first-order valence-corrected chi connectivity index (χ1v) is 7.02. The van der Waals surface area contributed by atoms with Gasteiger partial charge in [-0.05, 0) is 18.3 Å². The lowest BCUT2D eigenvalue weighted by Gasteiger charge is -2.35. The van der Waals surface area contributed by atoms with Crippen LogP contribution in [0, 0.1) is 5.41 Å². The van der Waals surface area contributed by atoms with E-state index >= 15 is 0 Å². The van der Waals surface area contributed by atoms with Gasteiger partial charge in [0, 0.05) is 37.8 Å². The summed E-state index contributed by atoms with van der Waals surface area (Å²) in [5, 5.41) is 7.71. The second-order valence-corrected chi connectivity index (χ2v) is 5.59. The van der Waals surface area contributed by atoms with Crippen molar-refractivity contribution in [3.63, 3.8) is 0 Å². The molecule has 1 aromatic rings. The van der Waals surface area contributed by atoms with Crippen LogP contribution in [0.25, 0.3) is 0 Å². The Hall–Kier alpha value is -0.540. The number of aryl methyl sites for hydroxylation is 1. The van der Waals surface area contributed by atoms with Crippen LogP contribution in [0.5, 0.6) is 0 Å². The average molecular weight is 256 g/mol. The molecule has 0 aromatic carbocycles. The molecule has 1 fully saturated rings. The normalized spacial score (nSPS) is 19.4. The second-order valence-electron chi connectivity index (χ2n) is 5.32. The van der Waals surface area contributed by atoms with Crippen LogP contribution in [0.4, 0.5) is 0 Å². The number of hydrogen-bond acceptors (Lipinski definition) is 2. The Morgan fingerprint density at radius 3 is 2.76 bits per heavy atom. The van der Waals surface area contributed by atoms with Crippen LogP contribution in [0.15, 0.2) is 12.4 Å². The summed E-state index contributed by atoms with van der Waals surface area (Å²) < 4.78 is 1.84. The van der Waals surface area contributed by atoms with Crippen LogP contribution >= 0.6 is 11.6 Å². The fraction of sp³-hybridized carbons (Fsp3) is 0.769. The second kappa shape index (κ2) is 5.87. The van der Waals surface area contributed by atoms with Crippen molar-refractivity contribution in [1.29, 1.82) is 0 Å². The minimum Gasteiger partial charge on any atom is -0.312 e. The fourth-order valence-corrected chi connectivity index (χ4v) is 3.06. The van der Waals surface area contributed by atoms with Crippen LogP contribution in [-0.2, 0) is 13.6 Å². The van der Waals surface area contributed by atoms with Crippen molar-refractivity contribution in [1.82, 2.24) is 15.1 Å². The quantitative estimate of drug-likeness (QED) is 0.820. The molecule has 0 radical (unpaired) electrons. The monoisotopic (exact) mass is 255 g/mol. The number of rotatable bonds is 5. The number of halogens is 1. The molecule has 0 spiro atoms. The first-order chi connectivity index (χ1) is 8.24. The summed E-state index contributed by atoms with van der Waals surface area (Å²) in [4.78, 5) is 0. The summed E-state index contributed by atoms with van der Waals surface area (Å²) in [6.45, 7) is 1.93.